The van der Waals surface area contributed by atoms with Gasteiger partial charge < -0.3 is 5.11 Å². The number of hydrogen-bond acceptors (Lipinski definition) is 3. The standard InChI is InChI=1S/C5H5F2N3O2/c6-4(7)2-10-8-1-3(9-10)5(11)12/h1,4H,2H2,(H,11,12). The molecule has 0 amide bonds. The van der Waals surface area contributed by atoms with Crippen LogP contribution in [0.4, 0.5) is 8.78 Å². The minimum atomic E-state index is -2.58. The molecule has 0 unspecified atom stereocenters. The van der Waals surface area contributed by atoms with Crippen LogP contribution in [0.5, 0.6) is 0 Å². The van der Waals surface area contributed by atoms with Gasteiger partial charge in [0.1, 0.15) is 6.54 Å². The second kappa shape index (κ2) is 3.24. The van der Waals surface area contributed by atoms with Gasteiger partial charge in [-0.3, -0.25) is 0 Å². The van der Waals surface area contributed by atoms with Crippen molar-refractivity contribution in [1.82, 2.24) is 15.0 Å². The van der Waals surface area contributed by atoms with E-state index < -0.39 is 18.9 Å². The van der Waals surface area contributed by atoms with Gasteiger partial charge in [0.05, 0.1) is 6.20 Å². The minimum absolute atomic E-state index is 0.337. The number of carbonyl (C=O) groups is 1. The van der Waals surface area contributed by atoms with Gasteiger partial charge in [-0.2, -0.15) is 9.90 Å². The maximum Gasteiger partial charge on any atom is 0.358 e. The third-order valence-corrected chi connectivity index (χ3v) is 1.06. The summed E-state index contributed by atoms with van der Waals surface area (Å²) in [4.78, 5) is 10.8. The number of aromatic carboxylic acids is 1. The number of rotatable bonds is 3. The molecule has 1 aromatic heterocycles. The first-order chi connectivity index (χ1) is 5.59. The molecule has 1 aromatic rings. The van der Waals surface area contributed by atoms with Gasteiger partial charge in [-0.15, -0.1) is 5.10 Å². The molecule has 5 nitrogen and oxygen atoms in total. The van der Waals surface area contributed by atoms with Crippen molar-refractivity contribution in [2.24, 2.45) is 0 Å². The predicted molar refractivity (Wildman–Crippen MR) is 33.0 cm³/mol. The summed E-state index contributed by atoms with van der Waals surface area (Å²) in [6.45, 7) is -0.687. The quantitative estimate of drug-likeness (QED) is 0.718. The topological polar surface area (TPSA) is 68.0 Å². The van der Waals surface area contributed by atoms with Gasteiger partial charge in [-0.05, 0) is 0 Å². The number of carboxylic acids is 1. The lowest BCUT2D eigenvalue weighted by molar-refractivity contribution is 0.0686. The van der Waals surface area contributed by atoms with E-state index in [-0.39, 0.29) is 5.69 Å². The van der Waals surface area contributed by atoms with Gasteiger partial charge in [0.25, 0.3) is 6.43 Å². The summed E-state index contributed by atoms with van der Waals surface area (Å²) in [7, 11) is 0. The fraction of sp³-hybridized carbons (Fsp3) is 0.400. The van der Waals surface area contributed by atoms with E-state index in [4.69, 9.17) is 5.11 Å². The Balaban J connectivity index is 2.71. The van der Waals surface area contributed by atoms with Crippen LogP contribution in [0.2, 0.25) is 0 Å². The molecule has 1 N–H and O–H groups in total. The highest BCUT2D eigenvalue weighted by Crippen LogP contribution is 1.97. The third-order valence-electron chi connectivity index (χ3n) is 1.06. The Bertz CT molecular complexity index is 286. The van der Waals surface area contributed by atoms with Gasteiger partial charge in [-0.1, -0.05) is 0 Å². The van der Waals surface area contributed by atoms with E-state index in [1.165, 1.54) is 0 Å². The summed E-state index contributed by atoms with van der Waals surface area (Å²) >= 11 is 0. The molecular formula is C5H5F2N3O2. The number of aromatic nitrogens is 3. The van der Waals surface area contributed by atoms with Gasteiger partial charge >= 0.3 is 5.97 Å². The zero-order valence-corrected chi connectivity index (χ0v) is 5.81. The van der Waals surface area contributed by atoms with Crippen molar-refractivity contribution in [3.63, 3.8) is 0 Å². The zero-order valence-electron chi connectivity index (χ0n) is 5.81. The Hall–Kier alpha value is -1.53. The van der Waals surface area contributed by atoms with E-state index in [2.05, 4.69) is 10.2 Å². The first-order valence-corrected chi connectivity index (χ1v) is 3.01. The molecule has 0 saturated heterocycles. The van der Waals surface area contributed by atoms with Crippen molar-refractivity contribution in [2.75, 3.05) is 0 Å². The lowest BCUT2D eigenvalue weighted by atomic mass is 10.5. The average molecular weight is 177 g/mol. The molecule has 66 valence electrons. The van der Waals surface area contributed by atoms with Crippen LogP contribution in [0.1, 0.15) is 10.5 Å². The molecule has 12 heavy (non-hydrogen) atoms. The summed E-state index contributed by atoms with van der Waals surface area (Å²) in [5.74, 6) is -1.28. The van der Waals surface area contributed by atoms with Gasteiger partial charge in [0, 0.05) is 0 Å². The molecule has 0 aliphatic heterocycles. The summed E-state index contributed by atoms with van der Waals surface area (Å²) in [6, 6.07) is 0. The largest absolute Gasteiger partial charge is 0.476 e. The Morgan fingerprint density at radius 2 is 2.42 bits per heavy atom. The van der Waals surface area contributed by atoms with E-state index in [0.717, 1.165) is 6.20 Å². The number of halogens is 2. The monoisotopic (exact) mass is 177 g/mol. The Morgan fingerprint density at radius 1 is 1.75 bits per heavy atom. The molecule has 0 spiro atoms. The minimum Gasteiger partial charge on any atom is -0.476 e. The van der Waals surface area contributed by atoms with Crippen LogP contribution >= 0.6 is 0 Å². The molecule has 0 atom stereocenters. The SMILES string of the molecule is O=C(O)c1cnn(CC(F)F)n1. The molecule has 0 aliphatic rings. The van der Waals surface area contributed by atoms with Crippen LogP contribution in [-0.2, 0) is 6.54 Å². The van der Waals surface area contributed by atoms with Crippen LogP contribution in [0.25, 0.3) is 0 Å². The molecule has 0 fully saturated rings. The maximum absolute atomic E-state index is 11.7. The first kappa shape index (κ1) is 8.57. The maximum atomic E-state index is 11.7. The van der Waals surface area contributed by atoms with Crippen LogP contribution in [0.15, 0.2) is 6.20 Å². The molecule has 1 heterocycles. The Labute approximate surface area is 65.6 Å². The highest BCUT2D eigenvalue weighted by Gasteiger charge is 2.10. The van der Waals surface area contributed by atoms with Crippen molar-refractivity contribution in [1.29, 1.82) is 0 Å². The van der Waals surface area contributed by atoms with Crippen LogP contribution in [-0.4, -0.2) is 32.5 Å². The average Bonchev–Trinajstić information content (AvgIpc) is 2.34. The fourth-order valence-electron chi connectivity index (χ4n) is 0.607. The highest BCUT2D eigenvalue weighted by atomic mass is 19.3. The van der Waals surface area contributed by atoms with Crippen molar-refractivity contribution >= 4 is 5.97 Å². The second-order valence-corrected chi connectivity index (χ2v) is 1.98. The summed E-state index contributed by atoms with van der Waals surface area (Å²) in [5, 5.41) is 14.9. The van der Waals surface area contributed by atoms with E-state index >= 15 is 0 Å². The summed E-state index contributed by atoms with van der Waals surface area (Å²) in [6.07, 6.45) is -1.66. The second-order valence-electron chi connectivity index (χ2n) is 1.98. The Morgan fingerprint density at radius 3 is 2.83 bits per heavy atom. The van der Waals surface area contributed by atoms with Crippen LogP contribution < -0.4 is 0 Å². The van der Waals surface area contributed by atoms with Crippen molar-refractivity contribution in [3.8, 4) is 0 Å². The van der Waals surface area contributed by atoms with Crippen LogP contribution in [0.3, 0.4) is 0 Å². The van der Waals surface area contributed by atoms with E-state index in [9.17, 15) is 13.6 Å². The van der Waals surface area contributed by atoms with Gasteiger partial charge in [0.2, 0.25) is 0 Å². The molecular weight excluding hydrogens is 172 g/mol. The summed E-state index contributed by atoms with van der Waals surface area (Å²) in [5.41, 5.74) is -0.337. The normalized spacial score (nSPS) is 10.6. The molecule has 0 bridgehead atoms. The smallest absolute Gasteiger partial charge is 0.358 e. The molecule has 0 aliphatic carbocycles. The number of hydrogen-bond donors (Lipinski definition) is 1. The molecule has 7 heteroatoms. The van der Waals surface area contributed by atoms with E-state index in [0.29, 0.717) is 4.80 Å². The lowest BCUT2D eigenvalue weighted by Crippen LogP contribution is -2.10. The highest BCUT2D eigenvalue weighted by molar-refractivity contribution is 5.84. The zero-order chi connectivity index (χ0) is 9.14. The molecule has 0 aromatic carbocycles. The van der Waals surface area contributed by atoms with Crippen LogP contribution in [0, 0.1) is 0 Å². The Kier molecular flexibility index (Phi) is 2.32. The van der Waals surface area contributed by atoms with Gasteiger partial charge in [-0.25, -0.2) is 13.6 Å². The number of alkyl halides is 2. The number of nitrogens with zero attached hydrogens (tertiary/aromatic N) is 3. The molecule has 0 radical (unpaired) electrons. The lowest BCUT2D eigenvalue weighted by Gasteiger charge is -1.95. The number of carboxylic acid groups (broad SMARTS) is 1. The first-order valence-electron chi connectivity index (χ1n) is 3.01. The molecule has 1 rings (SSSR count). The van der Waals surface area contributed by atoms with Crippen molar-refractivity contribution < 1.29 is 18.7 Å². The third kappa shape index (κ3) is 1.97. The summed E-state index contributed by atoms with van der Waals surface area (Å²) < 4.78 is 23.4. The van der Waals surface area contributed by atoms with E-state index in [1.54, 1.807) is 0 Å². The molecule has 0 saturated carbocycles. The van der Waals surface area contributed by atoms with Crippen molar-refractivity contribution in [3.05, 3.63) is 11.9 Å². The fourth-order valence-corrected chi connectivity index (χ4v) is 0.607. The van der Waals surface area contributed by atoms with E-state index in [1.807, 2.05) is 0 Å². The van der Waals surface area contributed by atoms with Gasteiger partial charge in [0.15, 0.2) is 5.69 Å². The predicted octanol–water partition coefficient (Wildman–Crippen LogP) is 0.241. The van der Waals surface area contributed by atoms with Crippen molar-refractivity contribution in [2.45, 2.75) is 13.0 Å².